The van der Waals surface area contributed by atoms with E-state index in [0.717, 1.165) is 21.9 Å². The summed E-state index contributed by atoms with van der Waals surface area (Å²) < 4.78 is 28.9. The summed E-state index contributed by atoms with van der Waals surface area (Å²) in [4.78, 5) is 36.0. The van der Waals surface area contributed by atoms with Crippen LogP contribution in [0.25, 0.3) is 21.8 Å². The van der Waals surface area contributed by atoms with Gasteiger partial charge in [-0.25, -0.2) is 4.79 Å². The Morgan fingerprint density at radius 3 is 2.25 bits per heavy atom. The van der Waals surface area contributed by atoms with Gasteiger partial charge in [0, 0.05) is 40.3 Å². The maximum Gasteiger partial charge on any atom is 0.340 e. The highest BCUT2D eigenvalue weighted by Crippen LogP contribution is 2.52. The zero-order valence-electron chi connectivity index (χ0n) is 26.9. The van der Waals surface area contributed by atoms with Crippen LogP contribution in [-0.4, -0.2) is 70.5 Å². The molecule has 4 aromatic rings. The van der Waals surface area contributed by atoms with Crippen LogP contribution in [0.2, 0.25) is 18.1 Å². The lowest BCUT2D eigenvalue weighted by Crippen LogP contribution is -2.44. The molecule has 0 saturated carbocycles. The van der Waals surface area contributed by atoms with E-state index in [1.165, 1.54) is 7.11 Å². The van der Waals surface area contributed by atoms with Crippen molar-refractivity contribution >= 4 is 63.6 Å². The summed E-state index contributed by atoms with van der Waals surface area (Å²) in [5, 5.41) is 1.97. The zero-order valence-corrected chi connectivity index (χ0v) is 29.5. The number of benzene rings is 2. The molecule has 0 bridgehead atoms. The number of hydrogen-bond acceptors (Lipinski definition) is 7. The number of hydrogen-bond donors (Lipinski definition) is 2. The van der Waals surface area contributed by atoms with Crippen molar-refractivity contribution in [3.63, 3.8) is 0 Å². The van der Waals surface area contributed by atoms with E-state index in [0.29, 0.717) is 63.0 Å². The van der Waals surface area contributed by atoms with Crippen LogP contribution in [-0.2, 0) is 4.74 Å². The Kier molecular flexibility index (Phi) is 8.21. The predicted octanol–water partition coefficient (Wildman–Crippen LogP) is 7.29. The minimum atomic E-state index is -2.35. The van der Waals surface area contributed by atoms with Crippen LogP contribution in [0.4, 0.5) is 5.69 Å². The number of nitrogens with one attached hydrogen (secondary N) is 2. The summed E-state index contributed by atoms with van der Waals surface area (Å²) in [6.07, 6.45) is 0. The largest absolute Gasteiger partial charge is 0.542 e. The third kappa shape index (κ3) is 4.92. The Labute approximate surface area is 266 Å². The van der Waals surface area contributed by atoms with Gasteiger partial charge in [-0.2, -0.15) is 0 Å². The third-order valence-electron chi connectivity index (χ3n) is 8.97. The van der Waals surface area contributed by atoms with Crippen molar-refractivity contribution in [1.82, 2.24) is 9.97 Å². The van der Waals surface area contributed by atoms with Gasteiger partial charge in [-0.1, -0.05) is 36.7 Å². The number of amides is 1. The zero-order chi connectivity index (χ0) is 32.3. The van der Waals surface area contributed by atoms with Crippen molar-refractivity contribution < 1.29 is 33.0 Å². The molecule has 236 valence electrons. The summed E-state index contributed by atoms with van der Waals surface area (Å²) in [5.41, 5.74) is 4.46. The molecule has 0 aliphatic carbocycles. The molecule has 0 saturated heterocycles. The predicted molar refractivity (Wildman–Crippen MR) is 178 cm³/mol. The summed E-state index contributed by atoms with van der Waals surface area (Å²) in [7, 11) is 3.66. The number of carbonyl (C=O) groups is 2. The third-order valence-corrected chi connectivity index (χ3v) is 14.1. The van der Waals surface area contributed by atoms with Crippen LogP contribution < -0.4 is 23.5 Å². The van der Waals surface area contributed by atoms with Gasteiger partial charge in [-0.05, 0) is 42.8 Å². The fraction of sp³-hybridized carbons (Fsp3) is 0.438. The van der Waals surface area contributed by atoms with Crippen LogP contribution in [0.5, 0.6) is 23.0 Å². The molecule has 1 unspecified atom stereocenters. The fourth-order valence-corrected chi connectivity index (χ4v) is 7.28. The van der Waals surface area contributed by atoms with E-state index in [1.807, 2.05) is 19.1 Å². The Morgan fingerprint density at radius 2 is 1.68 bits per heavy atom. The van der Waals surface area contributed by atoms with Gasteiger partial charge in [0.05, 0.1) is 50.7 Å². The van der Waals surface area contributed by atoms with Gasteiger partial charge in [-0.3, -0.25) is 4.79 Å². The van der Waals surface area contributed by atoms with Gasteiger partial charge >= 0.3 is 5.97 Å². The number of halogens is 1. The normalized spacial score (nSPS) is 15.1. The number of esters is 1. The van der Waals surface area contributed by atoms with Gasteiger partial charge in [0.25, 0.3) is 14.2 Å². The molecule has 5 rings (SSSR count). The van der Waals surface area contributed by atoms with E-state index in [2.05, 4.69) is 59.8 Å². The molecule has 1 amide bonds. The molecule has 0 spiro atoms. The highest BCUT2D eigenvalue weighted by Gasteiger charge is 2.44. The molecule has 0 radical (unpaired) electrons. The number of H-pyrrole nitrogens is 2. The molecule has 1 atom stereocenters. The van der Waals surface area contributed by atoms with E-state index < -0.39 is 14.3 Å². The quantitative estimate of drug-likeness (QED) is 0.114. The number of alkyl halides is 1. The van der Waals surface area contributed by atoms with E-state index in [-0.39, 0.29) is 16.9 Å². The van der Waals surface area contributed by atoms with Crippen molar-refractivity contribution in [3.8, 4) is 23.0 Å². The summed E-state index contributed by atoms with van der Waals surface area (Å²) in [5.74, 6) is 1.19. The first-order valence-electron chi connectivity index (χ1n) is 14.4. The molecule has 1 aliphatic rings. The maximum absolute atomic E-state index is 14.5. The number of aryl methyl sites for hydroxylation is 1. The minimum Gasteiger partial charge on any atom is -0.542 e. The van der Waals surface area contributed by atoms with Crippen molar-refractivity contribution in [2.75, 3.05) is 45.2 Å². The second-order valence-corrected chi connectivity index (χ2v) is 18.0. The lowest BCUT2D eigenvalue weighted by molar-refractivity contribution is 0.0602. The molecule has 12 heteroatoms. The van der Waals surface area contributed by atoms with Crippen molar-refractivity contribution in [1.29, 1.82) is 0 Å². The first-order chi connectivity index (χ1) is 20.7. The van der Waals surface area contributed by atoms with Crippen LogP contribution in [0, 0.1) is 6.92 Å². The fourth-order valence-electron chi connectivity index (χ4n) is 5.74. The number of ether oxygens (including phenoxy) is 4. The van der Waals surface area contributed by atoms with E-state index in [9.17, 15) is 9.59 Å². The Balaban J connectivity index is 1.76. The number of aromatic amines is 2. The molecular weight excluding hydrogens is 646 g/mol. The number of aromatic nitrogens is 2. The van der Waals surface area contributed by atoms with Crippen LogP contribution in [0.15, 0.2) is 18.2 Å². The number of anilines is 1. The highest BCUT2D eigenvalue weighted by molar-refractivity contribution is 9.09. The standard InChI is InChI=1S/C32H40BrN3O7Si/c1-16-23(31(38)42-8)25-19(34-16)13-21(43-44(9,10)32(2,3)4)27-24(25)18(14-33)15-36(27)30(37)20-11-17-12-22(39-5)28(40-6)29(41-7)26(17)35-20/h11-13,18,34-35H,14-15H2,1-10H3. The summed E-state index contributed by atoms with van der Waals surface area (Å²) in [6, 6.07) is 5.52. The molecule has 1 aliphatic heterocycles. The summed E-state index contributed by atoms with van der Waals surface area (Å²) >= 11 is 3.70. The molecule has 10 nitrogen and oxygen atoms in total. The van der Waals surface area contributed by atoms with Crippen molar-refractivity contribution in [3.05, 3.63) is 40.7 Å². The molecule has 2 aromatic carbocycles. The number of nitrogens with zero attached hydrogens (tertiary/aromatic N) is 1. The van der Waals surface area contributed by atoms with Gasteiger partial charge < -0.3 is 38.2 Å². The number of fused-ring (bicyclic) bond motifs is 4. The van der Waals surface area contributed by atoms with Crippen molar-refractivity contribution in [2.45, 2.75) is 51.7 Å². The first-order valence-corrected chi connectivity index (χ1v) is 18.4. The lowest BCUT2D eigenvalue weighted by Gasteiger charge is -2.37. The van der Waals surface area contributed by atoms with E-state index in [1.54, 1.807) is 32.3 Å². The molecule has 2 aromatic heterocycles. The van der Waals surface area contributed by atoms with Crippen LogP contribution in [0.3, 0.4) is 0 Å². The lowest BCUT2D eigenvalue weighted by atomic mass is 9.95. The van der Waals surface area contributed by atoms with Gasteiger partial charge in [0.1, 0.15) is 11.4 Å². The van der Waals surface area contributed by atoms with Gasteiger partial charge in [0.2, 0.25) is 5.75 Å². The Hall–Kier alpha value is -3.64. The topological polar surface area (TPSA) is 115 Å². The molecule has 2 N–H and O–H groups in total. The number of rotatable bonds is 8. The Morgan fingerprint density at radius 1 is 1.00 bits per heavy atom. The summed E-state index contributed by atoms with van der Waals surface area (Å²) in [6.45, 7) is 13.1. The molecule has 0 fully saturated rings. The van der Waals surface area contributed by atoms with Crippen LogP contribution in [0.1, 0.15) is 58.8 Å². The average Bonchev–Trinajstić information content (AvgIpc) is 3.67. The SMILES string of the molecule is COC(=O)c1c(C)[nH]c2cc(O[Si](C)(C)C(C)(C)C)c3c(c12)C(CBr)CN3C(=O)c1cc2cc(OC)c(OC)c(OC)c2[nH]1. The van der Waals surface area contributed by atoms with E-state index in [4.69, 9.17) is 23.4 Å². The second-order valence-electron chi connectivity index (χ2n) is 12.6. The second kappa shape index (κ2) is 11.4. The van der Waals surface area contributed by atoms with E-state index >= 15 is 0 Å². The average molecular weight is 687 g/mol. The minimum absolute atomic E-state index is 0.0915. The highest BCUT2D eigenvalue weighted by atomic mass is 79.9. The first kappa shape index (κ1) is 31.8. The number of carbonyl (C=O) groups excluding carboxylic acids is 2. The number of methoxy groups -OCH3 is 4. The maximum atomic E-state index is 14.5. The van der Waals surface area contributed by atoms with Crippen molar-refractivity contribution in [2.24, 2.45) is 0 Å². The van der Waals surface area contributed by atoms with Gasteiger partial charge in [-0.15, -0.1) is 0 Å². The molecule has 3 heterocycles. The monoisotopic (exact) mass is 685 g/mol. The smallest absolute Gasteiger partial charge is 0.340 e. The molecular formula is C32H40BrN3O7Si. The van der Waals surface area contributed by atoms with Crippen LogP contribution >= 0.6 is 15.9 Å². The Bertz CT molecular complexity index is 1790. The molecule has 44 heavy (non-hydrogen) atoms. The van der Waals surface area contributed by atoms with Gasteiger partial charge in [0.15, 0.2) is 11.5 Å².